The van der Waals surface area contributed by atoms with Crippen LogP contribution in [0.4, 0.5) is 0 Å². The Morgan fingerprint density at radius 1 is 1.42 bits per heavy atom. The van der Waals surface area contributed by atoms with Crippen molar-refractivity contribution in [3.05, 3.63) is 18.0 Å². The standard InChI is InChI=1S/C13H21N3O3/c1-8(2)7-10(13(18)19)15-12(17)9(3)11-5-6-14-16(11)4/h5-6,8-10H,7H2,1-4H3,(H,15,17)(H,18,19)/t9?,10-/m0/s1. The van der Waals surface area contributed by atoms with Crippen LogP contribution in [0.2, 0.25) is 0 Å². The first-order valence-electron chi connectivity index (χ1n) is 6.34. The normalized spacial score (nSPS) is 14.2. The van der Waals surface area contributed by atoms with Crippen molar-refractivity contribution in [3.63, 3.8) is 0 Å². The van der Waals surface area contributed by atoms with Crippen molar-refractivity contribution in [2.24, 2.45) is 13.0 Å². The molecule has 0 bridgehead atoms. The maximum atomic E-state index is 12.1. The summed E-state index contributed by atoms with van der Waals surface area (Å²) in [5.74, 6) is -1.52. The summed E-state index contributed by atoms with van der Waals surface area (Å²) in [6.45, 7) is 5.58. The van der Waals surface area contributed by atoms with Gasteiger partial charge in [-0.3, -0.25) is 9.48 Å². The lowest BCUT2D eigenvalue weighted by Crippen LogP contribution is -2.43. The largest absolute Gasteiger partial charge is 0.480 e. The summed E-state index contributed by atoms with van der Waals surface area (Å²) in [5, 5.41) is 15.7. The van der Waals surface area contributed by atoms with Crippen LogP contribution in [-0.2, 0) is 16.6 Å². The van der Waals surface area contributed by atoms with Gasteiger partial charge in [-0.05, 0) is 25.3 Å². The zero-order valence-electron chi connectivity index (χ0n) is 11.8. The molecule has 1 aromatic heterocycles. The van der Waals surface area contributed by atoms with Crippen LogP contribution < -0.4 is 5.32 Å². The zero-order chi connectivity index (χ0) is 14.6. The minimum Gasteiger partial charge on any atom is -0.480 e. The molecule has 0 spiro atoms. The maximum Gasteiger partial charge on any atom is 0.326 e. The van der Waals surface area contributed by atoms with Gasteiger partial charge in [0.25, 0.3) is 0 Å². The molecule has 6 nitrogen and oxygen atoms in total. The summed E-state index contributed by atoms with van der Waals surface area (Å²) in [7, 11) is 1.75. The summed E-state index contributed by atoms with van der Waals surface area (Å²) >= 11 is 0. The van der Waals surface area contributed by atoms with Crippen molar-refractivity contribution in [3.8, 4) is 0 Å². The number of aromatic nitrogens is 2. The van der Waals surface area contributed by atoms with E-state index in [1.807, 2.05) is 13.8 Å². The van der Waals surface area contributed by atoms with Gasteiger partial charge >= 0.3 is 5.97 Å². The van der Waals surface area contributed by atoms with Crippen molar-refractivity contribution in [2.75, 3.05) is 0 Å². The van der Waals surface area contributed by atoms with Gasteiger partial charge in [0.2, 0.25) is 5.91 Å². The van der Waals surface area contributed by atoms with E-state index in [1.165, 1.54) is 0 Å². The Kier molecular flexibility index (Phi) is 5.09. The molecule has 19 heavy (non-hydrogen) atoms. The van der Waals surface area contributed by atoms with Crippen LogP contribution in [0.3, 0.4) is 0 Å². The molecule has 0 aliphatic heterocycles. The first kappa shape index (κ1) is 15.2. The summed E-state index contributed by atoms with van der Waals surface area (Å²) in [5.41, 5.74) is 0.756. The number of aliphatic carboxylic acids is 1. The molecule has 2 N–H and O–H groups in total. The van der Waals surface area contributed by atoms with E-state index < -0.39 is 17.9 Å². The molecule has 1 rings (SSSR count). The van der Waals surface area contributed by atoms with E-state index in [0.29, 0.717) is 6.42 Å². The van der Waals surface area contributed by atoms with Crippen LogP contribution in [0.25, 0.3) is 0 Å². The molecule has 0 saturated carbocycles. The second-order valence-corrected chi connectivity index (χ2v) is 5.13. The van der Waals surface area contributed by atoms with Gasteiger partial charge in [-0.15, -0.1) is 0 Å². The molecule has 1 heterocycles. The number of rotatable bonds is 6. The van der Waals surface area contributed by atoms with Crippen LogP contribution in [0.1, 0.15) is 38.8 Å². The molecular weight excluding hydrogens is 246 g/mol. The quantitative estimate of drug-likeness (QED) is 0.809. The van der Waals surface area contributed by atoms with Crippen LogP contribution in [0, 0.1) is 5.92 Å². The van der Waals surface area contributed by atoms with E-state index in [2.05, 4.69) is 10.4 Å². The smallest absolute Gasteiger partial charge is 0.326 e. The van der Waals surface area contributed by atoms with Crippen molar-refractivity contribution >= 4 is 11.9 Å². The molecule has 2 atom stereocenters. The lowest BCUT2D eigenvalue weighted by molar-refractivity contribution is -0.142. The highest BCUT2D eigenvalue weighted by molar-refractivity contribution is 5.87. The van der Waals surface area contributed by atoms with Gasteiger partial charge < -0.3 is 10.4 Å². The molecule has 106 valence electrons. The highest BCUT2D eigenvalue weighted by atomic mass is 16.4. The Bertz CT molecular complexity index is 454. The number of carboxylic acids is 1. The zero-order valence-corrected chi connectivity index (χ0v) is 11.8. The Labute approximate surface area is 112 Å². The average Bonchev–Trinajstić information content (AvgIpc) is 2.72. The first-order valence-corrected chi connectivity index (χ1v) is 6.34. The van der Waals surface area contributed by atoms with Crippen LogP contribution in [0.5, 0.6) is 0 Å². The van der Waals surface area contributed by atoms with Crippen LogP contribution in [-0.4, -0.2) is 32.8 Å². The van der Waals surface area contributed by atoms with E-state index in [-0.39, 0.29) is 11.8 Å². The molecule has 1 unspecified atom stereocenters. The average molecular weight is 267 g/mol. The van der Waals surface area contributed by atoms with Crippen molar-refractivity contribution in [1.82, 2.24) is 15.1 Å². The van der Waals surface area contributed by atoms with E-state index >= 15 is 0 Å². The topological polar surface area (TPSA) is 84.2 Å². The number of aryl methyl sites for hydroxylation is 1. The number of carboxylic acid groups (broad SMARTS) is 1. The predicted octanol–water partition coefficient (Wildman–Crippen LogP) is 1.14. The molecule has 0 radical (unpaired) electrons. The van der Waals surface area contributed by atoms with Gasteiger partial charge in [0.15, 0.2) is 0 Å². The summed E-state index contributed by atoms with van der Waals surface area (Å²) in [6, 6.07) is 0.908. The molecule has 0 aliphatic rings. The summed E-state index contributed by atoms with van der Waals surface area (Å²) in [4.78, 5) is 23.2. The minimum atomic E-state index is -1.00. The third kappa shape index (κ3) is 4.08. The van der Waals surface area contributed by atoms with E-state index in [9.17, 15) is 9.59 Å². The molecule has 0 saturated heterocycles. The van der Waals surface area contributed by atoms with Crippen molar-refractivity contribution < 1.29 is 14.7 Å². The minimum absolute atomic E-state index is 0.202. The van der Waals surface area contributed by atoms with Gasteiger partial charge in [0.1, 0.15) is 6.04 Å². The second-order valence-electron chi connectivity index (χ2n) is 5.13. The molecular formula is C13H21N3O3. The van der Waals surface area contributed by atoms with Crippen molar-refractivity contribution in [2.45, 2.75) is 39.2 Å². The summed E-state index contributed by atoms with van der Waals surface area (Å²) < 4.78 is 1.61. The van der Waals surface area contributed by atoms with Crippen molar-refractivity contribution in [1.29, 1.82) is 0 Å². The fourth-order valence-electron chi connectivity index (χ4n) is 1.93. The number of carbonyl (C=O) groups excluding carboxylic acids is 1. The second kappa shape index (κ2) is 6.36. The monoisotopic (exact) mass is 267 g/mol. The number of amides is 1. The number of nitrogens with zero attached hydrogens (tertiary/aromatic N) is 2. The Hall–Kier alpha value is -1.85. The predicted molar refractivity (Wildman–Crippen MR) is 70.6 cm³/mol. The van der Waals surface area contributed by atoms with E-state index in [1.54, 1.807) is 30.9 Å². The fraction of sp³-hybridized carbons (Fsp3) is 0.615. The highest BCUT2D eigenvalue weighted by Gasteiger charge is 2.25. The number of hydrogen-bond donors (Lipinski definition) is 2. The molecule has 1 amide bonds. The fourth-order valence-corrected chi connectivity index (χ4v) is 1.93. The Morgan fingerprint density at radius 3 is 2.47 bits per heavy atom. The Balaban J connectivity index is 2.72. The molecule has 1 aromatic rings. The molecule has 0 aliphatic carbocycles. The van der Waals surface area contributed by atoms with Gasteiger partial charge in [-0.2, -0.15) is 5.10 Å². The highest BCUT2D eigenvalue weighted by Crippen LogP contribution is 2.15. The summed E-state index contributed by atoms with van der Waals surface area (Å²) in [6.07, 6.45) is 2.03. The lowest BCUT2D eigenvalue weighted by Gasteiger charge is -2.19. The van der Waals surface area contributed by atoms with Gasteiger partial charge in [-0.25, -0.2) is 4.79 Å². The Morgan fingerprint density at radius 2 is 2.05 bits per heavy atom. The molecule has 0 aromatic carbocycles. The number of nitrogens with one attached hydrogen (secondary N) is 1. The lowest BCUT2D eigenvalue weighted by atomic mass is 10.0. The van der Waals surface area contributed by atoms with E-state index in [4.69, 9.17) is 5.11 Å². The molecule has 6 heteroatoms. The SMILES string of the molecule is CC(C)C[C@H](NC(=O)C(C)c1ccnn1C)C(=O)O. The number of carbonyl (C=O) groups is 2. The third-order valence-electron chi connectivity index (χ3n) is 3.02. The van der Waals surface area contributed by atoms with Crippen LogP contribution in [0.15, 0.2) is 12.3 Å². The maximum absolute atomic E-state index is 12.1. The third-order valence-corrected chi connectivity index (χ3v) is 3.02. The molecule has 0 fully saturated rings. The van der Waals surface area contributed by atoms with E-state index in [0.717, 1.165) is 5.69 Å². The van der Waals surface area contributed by atoms with Crippen LogP contribution >= 0.6 is 0 Å². The van der Waals surface area contributed by atoms with Gasteiger partial charge in [0.05, 0.1) is 11.6 Å². The number of hydrogen-bond acceptors (Lipinski definition) is 3. The van der Waals surface area contributed by atoms with Gasteiger partial charge in [0, 0.05) is 13.2 Å². The van der Waals surface area contributed by atoms with Gasteiger partial charge in [-0.1, -0.05) is 13.8 Å². The first-order chi connectivity index (χ1) is 8.82.